The normalized spacial score (nSPS) is 12.2. The number of anilines is 1. The maximum Gasteiger partial charge on any atom is 0.335 e. The molecule has 0 amide bonds. The van der Waals surface area contributed by atoms with Gasteiger partial charge in [0.25, 0.3) is 0 Å². The van der Waals surface area contributed by atoms with Crippen molar-refractivity contribution in [2.24, 2.45) is 0 Å². The fourth-order valence-electron chi connectivity index (χ4n) is 3.68. The quantitative estimate of drug-likeness (QED) is 0.193. The van der Waals surface area contributed by atoms with Gasteiger partial charge in [0.1, 0.15) is 18.1 Å². The number of aryl methyl sites for hydroxylation is 2. The number of nitrogens with one attached hydrogen (secondary N) is 2. The number of carboxylic acids is 1. The number of phenols is 1. The minimum absolute atomic E-state index is 0.00417. The maximum atomic E-state index is 11.4. The number of aromatic carboxylic acids is 1. The summed E-state index contributed by atoms with van der Waals surface area (Å²) < 4.78 is 31.0. The van der Waals surface area contributed by atoms with Crippen molar-refractivity contribution in [3.8, 4) is 22.6 Å². The van der Waals surface area contributed by atoms with Gasteiger partial charge >= 0.3 is 5.97 Å². The zero-order valence-corrected chi connectivity index (χ0v) is 21.1. The van der Waals surface area contributed by atoms with Crippen molar-refractivity contribution in [2.75, 3.05) is 30.7 Å². The van der Waals surface area contributed by atoms with E-state index >= 15 is 0 Å². The number of carbonyl (C=O) groups is 1. The summed E-state index contributed by atoms with van der Waals surface area (Å²) in [5.41, 5.74) is 4.54. The minimum Gasteiger partial charge on any atom is -0.506 e. The molecule has 0 saturated carbocycles. The molecule has 3 rings (SSSR count). The summed E-state index contributed by atoms with van der Waals surface area (Å²) in [5, 5.41) is 32.4. The highest BCUT2D eigenvalue weighted by Gasteiger charge is 2.13. The van der Waals surface area contributed by atoms with E-state index in [2.05, 4.69) is 10.0 Å². The summed E-state index contributed by atoms with van der Waals surface area (Å²) in [5.74, 6) is -0.460. The lowest BCUT2D eigenvalue weighted by atomic mass is 9.97. The van der Waals surface area contributed by atoms with Crippen molar-refractivity contribution in [1.82, 2.24) is 5.32 Å². The van der Waals surface area contributed by atoms with E-state index in [1.807, 2.05) is 26.0 Å². The summed E-state index contributed by atoms with van der Waals surface area (Å²) in [6, 6.07) is 14.9. The molecule has 1 atom stereocenters. The van der Waals surface area contributed by atoms with Crippen molar-refractivity contribution in [3.05, 3.63) is 76.9 Å². The van der Waals surface area contributed by atoms with E-state index in [4.69, 9.17) is 9.84 Å². The van der Waals surface area contributed by atoms with Crippen LogP contribution in [-0.2, 0) is 10.0 Å². The van der Waals surface area contributed by atoms with Crippen LogP contribution >= 0.6 is 0 Å². The Morgan fingerprint density at radius 1 is 1.03 bits per heavy atom. The molecule has 36 heavy (non-hydrogen) atoms. The first-order valence-electron chi connectivity index (χ1n) is 11.2. The molecule has 9 nitrogen and oxygen atoms in total. The first kappa shape index (κ1) is 27.0. The van der Waals surface area contributed by atoms with Gasteiger partial charge in [-0.2, -0.15) is 0 Å². The zero-order chi connectivity index (χ0) is 26.5. The van der Waals surface area contributed by atoms with E-state index in [0.717, 1.165) is 34.3 Å². The van der Waals surface area contributed by atoms with Gasteiger partial charge in [0.05, 0.1) is 23.6 Å². The van der Waals surface area contributed by atoms with Gasteiger partial charge in [-0.15, -0.1) is 0 Å². The van der Waals surface area contributed by atoms with Crippen molar-refractivity contribution in [1.29, 1.82) is 0 Å². The molecule has 0 aliphatic heterocycles. The molecule has 0 fully saturated rings. The van der Waals surface area contributed by atoms with Gasteiger partial charge in [-0.1, -0.05) is 18.2 Å². The zero-order valence-electron chi connectivity index (χ0n) is 20.3. The molecule has 5 N–H and O–H groups in total. The molecule has 10 heteroatoms. The number of benzene rings is 3. The molecule has 0 aliphatic carbocycles. The highest BCUT2D eigenvalue weighted by atomic mass is 32.2. The van der Waals surface area contributed by atoms with Crippen molar-refractivity contribution in [3.63, 3.8) is 0 Å². The highest BCUT2D eigenvalue weighted by Crippen LogP contribution is 2.31. The molecule has 3 aromatic rings. The third-order valence-electron chi connectivity index (χ3n) is 5.54. The fraction of sp³-hybridized carbons (Fsp3) is 0.269. The number of carboxylic acid groups (broad SMARTS) is 1. The fourth-order valence-corrected chi connectivity index (χ4v) is 4.24. The molecule has 0 aromatic heterocycles. The third-order valence-corrected chi connectivity index (χ3v) is 6.13. The summed E-state index contributed by atoms with van der Waals surface area (Å²) in [4.78, 5) is 11.1. The summed E-state index contributed by atoms with van der Waals surface area (Å²) in [6.07, 6.45) is 0.0633. The molecular weight excluding hydrogens is 484 g/mol. The third kappa shape index (κ3) is 7.20. The second-order valence-electron chi connectivity index (χ2n) is 8.53. The van der Waals surface area contributed by atoms with Gasteiger partial charge in [-0.25, -0.2) is 13.2 Å². The molecule has 192 valence electrons. The van der Waals surface area contributed by atoms with Crippen LogP contribution in [0.25, 0.3) is 11.1 Å². The largest absolute Gasteiger partial charge is 0.506 e. The molecule has 0 bridgehead atoms. The lowest BCUT2D eigenvalue weighted by molar-refractivity contribution is 0.0697. The average molecular weight is 515 g/mol. The Bertz CT molecular complexity index is 1340. The van der Waals surface area contributed by atoms with Gasteiger partial charge in [-0.05, 0) is 78.1 Å². The molecule has 0 radical (unpaired) electrons. The van der Waals surface area contributed by atoms with Gasteiger partial charge in [0.15, 0.2) is 0 Å². The summed E-state index contributed by atoms with van der Waals surface area (Å²) in [7, 11) is -3.57. The number of hydrogen-bond donors (Lipinski definition) is 5. The SMILES string of the molecule is Cc1cc(-c2ccc(C(=O)O)cc2)c(C)cc1OCCNC[C@@H](O)c1ccc(O)c(NS(C)(=O)=O)c1. The molecule has 0 unspecified atom stereocenters. The van der Waals surface area contributed by atoms with E-state index in [-0.39, 0.29) is 23.5 Å². The summed E-state index contributed by atoms with van der Waals surface area (Å²) >= 11 is 0. The van der Waals surface area contributed by atoms with E-state index in [9.17, 15) is 23.4 Å². The molecular formula is C26H30N2O7S. The van der Waals surface area contributed by atoms with E-state index in [0.29, 0.717) is 18.7 Å². The Morgan fingerprint density at radius 3 is 2.36 bits per heavy atom. The van der Waals surface area contributed by atoms with Crippen LogP contribution in [0.15, 0.2) is 54.6 Å². The minimum atomic E-state index is -3.57. The van der Waals surface area contributed by atoms with Crippen LogP contribution in [0.1, 0.15) is 33.2 Å². The number of phenolic OH excluding ortho intramolecular Hbond substituents is 1. The van der Waals surface area contributed by atoms with Gasteiger partial charge in [-0.3, -0.25) is 4.72 Å². The van der Waals surface area contributed by atoms with Crippen LogP contribution < -0.4 is 14.8 Å². The topological polar surface area (TPSA) is 145 Å². The van der Waals surface area contributed by atoms with Crippen LogP contribution in [0.4, 0.5) is 5.69 Å². The predicted molar refractivity (Wildman–Crippen MR) is 138 cm³/mol. The second kappa shape index (κ2) is 11.4. The Labute approximate surface area is 210 Å². The van der Waals surface area contributed by atoms with Crippen molar-refractivity contribution < 1.29 is 33.3 Å². The number of rotatable bonds is 11. The van der Waals surface area contributed by atoms with Gasteiger partial charge < -0.3 is 25.4 Å². The monoisotopic (exact) mass is 514 g/mol. The molecule has 3 aromatic carbocycles. The van der Waals surface area contributed by atoms with Crippen molar-refractivity contribution in [2.45, 2.75) is 20.0 Å². The number of aromatic hydroxyl groups is 1. The molecule has 0 saturated heterocycles. The van der Waals surface area contributed by atoms with E-state index in [1.165, 1.54) is 18.2 Å². The average Bonchev–Trinajstić information content (AvgIpc) is 2.81. The first-order chi connectivity index (χ1) is 16.9. The number of sulfonamides is 1. The molecule has 0 aliphatic rings. The predicted octanol–water partition coefficient (Wildman–Crippen LogP) is 3.45. The number of aliphatic hydroxyl groups is 1. The molecule has 0 spiro atoms. The van der Waals surface area contributed by atoms with Crippen LogP contribution in [0, 0.1) is 13.8 Å². The Morgan fingerprint density at radius 2 is 1.72 bits per heavy atom. The standard InChI is InChI=1S/C26H30N2O7S/c1-16-13-25(17(2)12-21(16)18-4-6-19(7-5-18)26(31)32)35-11-10-27-15-24(30)20-8-9-23(29)22(14-20)28-36(3,33)34/h4-9,12-14,24,27-30H,10-11,15H2,1-3H3,(H,31,32)/t24-/m1/s1. The Hall–Kier alpha value is -3.60. The smallest absolute Gasteiger partial charge is 0.335 e. The van der Waals surface area contributed by atoms with Crippen LogP contribution in [0.2, 0.25) is 0 Å². The number of aliphatic hydroxyl groups excluding tert-OH is 1. The molecule has 0 heterocycles. The number of hydrogen-bond acceptors (Lipinski definition) is 7. The van der Waals surface area contributed by atoms with Crippen molar-refractivity contribution >= 4 is 21.7 Å². The van der Waals surface area contributed by atoms with E-state index in [1.54, 1.807) is 24.3 Å². The van der Waals surface area contributed by atoms with Crippen LogP contribution in [-0.4, -0.2) is 55.7 Å². The lowest BCUT2D eigenvalue weighted by Crippen LogP contribution is -2.26. The maximum absolute atomic E-state index is 11.4. The summed E-state index contributed by atoms with van der Waals surface area (Å²) in [6.45, 7) is 4.92. The lowest BCUT2D eigenvalue weighted by Gasteiger charge is -2.16. The first-order valence-corrected chi connectivity index (χ1v) is 13.1. The van der Waals surface area contributed by atoms with Gasteiger partial charge in [0, 0.05) is 13.1 Å². The Balaban J connectivity index is 1.54. The highest BCUT2D eigenvalue weighted by molar-refractivity contribution is 7.92. The van der Waals surface area contributed by atoms with Gasteiger partial charge in [0.2, 0.25) is 10.0 Å². The number of ether oxygens (including phenoxy) is 1. The van der Waals surface area contributed by atoms with Crippen LogP contribution in [0.3, 0.4) is 0 Å². The van der Waals surface area contributed by atoms with Crippen LogP contribution in [0.5, 0.6) is 11.5 Å². The second-order valence-corrected chi connectivity index (χ2v) is 10.3. The Kier molecular flexibility index (Phi) is 8.57. The van der Waals surface area contributed by atoms with E-state index < -0.39 is 22.1 Å².